The highest BCUT2D eigenvalue weighted by Crippen LogP contribution is 2.30. The first-order valence-corrected chi connectivity index (χ1v) is 5.31. The van der Waals surface area contributed by atoms with Crippen LogP contribution in [0.3, 0.4) is 0 Å². The number of nitrogens with two attached hydrogens (primary N) is 1. The Morgan fingerprint density at radius 1 is 1.25 bits per heavy atom. The molecule has 2 atom stereocenters. The monoisotopic (exact) mass is 229 g/mol. The Hall–Kier alpha value is -1.00. The summed E-state index contributed by atoms with van der Waals surface area (Å²) >= 11 is 0. The molecule has 0 saturated carbocycles. The molecule has 0 aromatic heterocycles. The number of hydrogen-bond donors (Lipinski definition) is 2. The minimum atomic E-state index is -1.20. The Bertz CT molecular complexity index is 335. The van der Waals surface area contributed by atoms with E-state index in [1.807, 2.05) is 13.8 Å². The molecule has 0 amide bonds. The molecule has 4 heteroatoms. The molecule has 1 aromatic rings. The van der Waals surface area contributed by atoms with Gasteiger partial charge in [-0.05, 0) is 24.6 Å². The average molecular weight is 229 g/mol. The molecule has 2 nitrogen and oxygen atoms in total. The zero-order valence-electron chi connectivity index (χ0n) is 9.45. The summed E-state index contributed by atoms with van der Waals surface area (Å²) in [6, 6.07) is 3.54. The highest BCUT2D eigenvalue weighted by Gasteiger charge is 2.27. The maximum absolute atomic E-state index is 13.4. The van der Waals surface area contributed by atoms with Gasteiger partial charge >= 0.3 is 0 Å². The van der Waals surface area contributed by atoms with E-state index in [9.17, 15) is 13.9 Å². The van der Waals surface area contributed by atoms with E-state index in [2.05, 4.69) is 0 Å². The van der Waals surface area contributed by atoms with Crippen LogP contribution in [0.2, 0.25) is 0 Å². The molecule has 0 aliphatic heterocycles. The van der Waals surface area contributed by atoms with Gasteiger partial charge in [0.05, 0.1) is 11.7 Å². The second kappa shape index (κ2) is 5.37. The van der Waals surface area contributed by atoms with Crippen LogP contribution in [0, 0.1) is 23.5 Å². The molecule has 0 bridgehead atoms. The molecule has 0 radical (unpaired) electrons. The number of hydrogen-bond acceptors (Lipinski definition) is 2. The van der Waals surface area contributed by atoms with E-state index in [4.69, 9.17) is 5.73 Å². The van der Waals surface area contributed by atoms with Crippen molar-refractivity contribution in [1.29, 1.82) is 0 Å². The Kier molecular flexibility index (Phi) is 4.38. The Balaban J connectivity index is 3.08. The van der Waals surface area contributed by atoms with Crippen molar-refractivity contribution in [2.24, 2.45) is 17.6 Å². The highest BCUT2D eigenvalue weighted by molar-refractivity contribution is 5.22. The van der Waals surface area contributed by atoms with Gasteiger partial charge in [-0.15, -0.1) is 0 Å². The van der Waals surface area contributed by atoms with Crippen LogP contribution in [0.4, 0.5) is 8.78 Å². The van der Waals surface area contributed by atoms with Crippen molar-refractivity contribution in [3.8, 4) is 0 Å². The van der Waals surface area contributed by atoms with Gasteiger partial charge in [-0.1, -0.05) is 19.9 Å². The molecule has 16 heavy (non-hydrogen) atoms. The van der Waals surface area contributed by atoms with Crippen molar-refractivity contribution in [3.05, 3.63) is 35.4 Å². The van der Waals surface area contributed by atoms with E-state index in [1.165, 1.54) is 6.07 Å². The van der Waals surface area contributed by atoms with Crippen molar-refractivity contribution in [2.45, 2.75) is 20.0 Å². The summed E-state index contributed by atoms with van der Waals surface area (Å²) in [6.45, 7) is 3.91. The smallest absolute Gasteiger partial charge is 0.131 e. The average Bonchev–Trinajstić information content (AvgIpc) is 2.17. The molecule has 0 spiro atoms. The SMILES string of the molecule is CC(C)C(CN)C(O)c1c(F)cccc1F. The number of benzene rings is 1. The van der Waals surface area contributed by atoms with Crippen LogP contribution in [0.1, 0.15) is 25.5 Å². The lowest BCUT2D eigenvalue weighted by molar-refractivity contribution is 0.0793. The molecule has 0 fully saturated rings. The van der Waals surface area contributed by atoms with Gasteiger partial charge in [0.2, 0.25) is 0 Å². The van der Waals surface area contributed by atoms with Gasteiger partial charge in [0.25, 0.3) is 0 Å². The summed E-state index contributed by atoms with van der Waals surface area (Å²) in [7, 11) is 0. The summed E-state index contributed by atoms with van der Waals surface area (Å²) in [4.78, 5) is 0. The largest absolute Gasteiger partial charge is 0.388 e. The molecule has 0 heterocycles. The zero-order chi connectivity index (χ0) is 12.3. The molecular weight excluding hydrogens is 212 g/mol. The molecule has 1 rings (SSSR count). The van der Waals surface area contributed by atoms with Gasteiger partial charge in [-0.3, -0.25) is 0 Å². The molecule has 2 unspecified atom stereocenters. The number of halogens is 2. The van der Waals surface area contributed by atoms with E-state index in [-0.39, 0.29) is 23.9 Å². The van der Waals surface area contributed by atoms with E-state index < -0.39 is 17.7 Å². The first-order valence-electron chi connectivity index (χ1n) is 5.31. The lowest BCUT2D eigenvalue weighted by Gasteiger charge is -2.25. The summed E-state index contributed by atoms with van der Waals surface area (Å²) in [5.41, 5.74) is 5.22. The number of rotatable bonds is 4. The predicted octanol–water partition coefficient (Wildman–Crippen LogP) is 2.23. The van der Waals surface area contributed by atoms with Gasteiger partial charge in [0, 0.05) is 5.92 Å². The maximum atomic E-state index is 13.4. The third kappa shape index (κ3) is 2.57. The van der Waals surface area contributed by atoms with Crippen LogP contribution in [-0.4, -0.2) is 11.7 Å². The summed E-state index contributed by atoms with van der Waals surface area (Å²) in [5.74, 6) is -1.76. The zero-order valence-corrected chi connectivity index (χ0v) is 9.45. The fourth-order valence-electron chi connectivity index (χ4n) is 1.77. The number of aliphatic hydroxyl groups excluding tert-OH is 1. The quantitative estimate of drug-likeness (QED) is 0.831. The van der Waals surface area contributed by atoms with E-state index in [1.54, 1.807) is 0 Å². The molecule has 0 saturated heterocycles. The first-order chi connectivity index (χ1) is 7.49. The summed E-state index contributed by atoms with van der Waals surface area (Å²) in [6.07, 6.45) is -1.20. The van der Waals surface area contributed by atoms with Gasteiger partial charge in [-0.2, -0.15) is 0 Å². The van der Waals surface area contributed by atoms with E-state index >= 15 is 0 Å². The third-order valence-electron chi connectivity index (χ3n) is 2.83. The molecule has 3 N–H and O–H groups in total. The molecule has 1 aromatic carbocycles. The second-order valence-corrected chi connectivity index (χ2v) is 4.22. The minimum absolute atomic E-state index is 0.0546. The Morgan fingerprint density at radius 3 is 2.12 bits per heavy atom. The summed E-state index contributed by atoms with van der Waals surface area (Å²) < 4.78 is 26.8. The van der Waals surface area contributed by atoms with Crippen molar-refractivity contribution < 1.29 is 13.9 Å². The fourth-order valence-corrected chi connectivity index (χ4v) is 1.77. The van der Waals surface area contributed by atoms with Crippen molar-refractivity contribution in [3.63, 3.8) is 0 Å². The van der Waals surface area contributed by atoms with Crippen molar-refractivity contribution >= 4 is 0 Å². The van der Waals surface area contributed by atoms with Gasteiger partial charge in [-0.25, -0.2) is 8.78 Å². The Labute approximate surface area is 94.1 Å². The van der Waals surface area contributed by atoms with Gasteiger partial charge in [0.15, 0.2) is 0 Å². The highest BCUT2D eigenvalue weighted by atomic mass is 19.1. The van der Waals surface area contributed by atoms with Crippen LogP contribution in [-0.2, 0) is 0 Å². The molecule has 0 aliphatic carbocycles. The normalized spacial score (nSPS) is 15.2. The maximum Gasteiger partial charge on any atom is 0.131 e. The van der Waals surface area contributed by atoms with Crippen molar-refractivity contribution in [1.82, 2.24) is 0 Å². The Morgan fingerprint density at radius 2 is 1.75 bits per heavy atom. The summed E-state index contributed by atoms with van der Waals surface area (Å²) in [5, 5.41) is 9.95. The molecular formula is C12H17F2NO. The van der Waals surface area contributed by atoms with Crippen LogP contribution in [0.5, 0.6) is 0 Å². The van der Waals surface area contributed by atoms with Crippen LogP contribution >= 0.6 is 0 Å². The fraction of sp³-hybridized carbons (Fsp3) is 0.500. The van der Waals surface area contributed by atoms with E-state index in [0.717, 1.165) is 12.1 Å². The minimum Gasteiger partial charge on any atom is -0.388 e. The van der Waals surface area contributed by atoms with Crippen LogP contribution in [0.25, 0.3) is 0 Å². The van der Waals surface area contributed by atoms with Crippen LogP contribution < -0.4 is 5.73 Å². The van der Waals surface area contributed by atoms with Crippen molar-refractivity contribution in [2.75, 3.05) is 6.54 Å². The van der Waals surface area contributed by atoms with Gasteiger partial charge < -0.3 is 10.8 Å². The second-order valence-electron chi connectivity index (χ2n) is 4.22. The lowest BCUT2D eigenvalue weighted by Crippen LogP contribution is -2.27. The first kappa shape index (κ1) is 13.1. The van der Waals surface area contributed by atoms with Gasteiger partial charge in [0.1, 0.15) is 11.6 Å². The standard InChI is InChI=1S/C12H17F2NO/c1-7(2)8(6-15)12(16)11-9(13)4-3-5-10(11)14/h3-5,7-8,12,16H,6,15H2,1-2H3. The molecule has 90 valence electrons. The topological polar surface area (TPSA) is 46.2 Å². The predicted molar refractivity (Wildman–Crippen MR) is 58.7 cm³/mol. The molecule has 0 aliphatic rings. The third-order valence-corrected chi connectivity index (χ3v) is 2.83. The van der Waals surface area contributed by atoms with E-state index in [0.29, 0.717) is 0 Å². The van der Waals surface area contributed by atoms with Crippen LogP contribution in [0.15, 0.2) is 18.2 Å². The lowest BCUT2D eigenvalue weighted by atomic mass is 9.86. The number of aliphatic hydroxyl groups is 1.